The van der Waals surface area contributed by atoms with Crippen molar-refractivity contribution in [1.29, 1.82) is 0 Å². The summed E-state index contributed by atoms with van der Waals surface area (Å²) in [6, 6.07) is 21.8. The Morgan fingerprint density at radius 3 is 2.23 bits per heavy atom. The van der Waals surface area contributed by atoms with Crippen LogP contribution in [0.25, 0.3) is 10.9 Å². The molecule has 0 saturated carbocycles. The van der Waals surface area contributed by atoms with Crippen LogP contribution in [0.1, 0.15) is 6.92 Å². The molecule has 1 unspecified atom stereocenters. The Kier molecular flexibility index (Phi) is 5.60. The summed E-state index contributed by atoms with van der Waals surface area (Å²) in [5, 5.41) is 1.67. The molecule has 0 aliphatic carbocycles. The topological polar surface area (TPSA) is 65.4 Å². The third-order valence-electron chi connectivity index (χ3n) is 4.74. The molecule has 0 bridgehead atoms. The molecule has 0 fully saturated rings. The van der Waals surface area contributed by atoms with E-state index >= 15 is 0 Å². The third-order valence-corrected chi connectivity index (χ3v) is 9.25. The molecule has 1 atom stereocenters. The van der Waals surface area contributed by atoms with Crippen molar-refractivity contribution in [3.63, 3.8) is 0 Å². The summed E-state index contributed by atoms with van der Waals surface area (Å²) in [6.07, 6.45) is 1.40. The minimum Gasteiger partial charge on any atom is -0.322 e. The number of benzene rings is 3. The van der Waals surface area contributed by atoms with Crippen molar-refractivity contribution in [2.45, 2.75) is 11.8 Å². The normalized spacial score (nSPS) is 13.9. The van der Waals surface area contributed by atoms with Gasteiger partial charge in [0.2, 0.25) is 0 Å². The lowest BCUT2D eigenvalue weighted by molar-refractivity contribution is 0.348. The summed E-state index contributed by atoms with van der Waals surface area (Å²) in [5.74, 6) is 0. The van der Waals surface area contributed by atoms with E-state index in [2.05, 4.69) is 0 Å². The first-order valence-electron chi connectivity index (χ1n) is 9.30. The van der Waals surface area contributed by atoms with Gasteiger partial charge in [0.1, 0.15) is 0 Å². The number of rotatable bonds is 6. The van der Waals surface area contributed by atoms with Gasteiger partial charge in [0, 0.05) is 21.9 Å². The fourth-order valence-electron chi connectivity index (χ4n) is 3.38. The Bertz CT molecular complexity index is 1350. The molecule has 0 saturated heterocycles. The maximum Gasteiger partial charge on any atom is 0.268 e. The number of hydrogen-bond acceptors (Lipinski definition) is 4. The highest BCUT2D eigenvalue weighted by Gasteiger charge is 2.34. The second-order valence-electron chi connectivity index (χ2n) is 6.59. The van der Waals surface area contributed by atoms with Gasteiger partial charge in [-0.05, 0) is 49.4 Å². The van der Waals surface area contributed by atoms with Crippen molar-refractivity contribution in [1.82, 2.24) is 3.97 Å². The van der Waals surface area contributed by atoms with E-state index in [-0.39, 0.29) is 11.5 Å². The average molecular weight is 460 g/mol. The molecule has 30 heavy (non-hydrogen) atoms. The van der Waals surface area contributed by atoms with Crippen LogP contribution in [0.4, 0.5) is 0 Å². The molecule has 1 heterocycles. The van der Waals surface area contributed by atoms with Gasteiger partial charge in [0.05, 0.1) is 22.3 Å². The van der Waals surface area contributed by atoms with Crippen LogP contribution in [-0.4, -0.2) is 19.0 Å². The highest BCUT2D eigenvalue weighted by Crippen LogP contribution is 2.47. The van der Waals surface area contributed by atoms with Gasteiger partial charge >= 0.3 is 0 Å². The zero-order chi connectivity index (χ0) is 21.4. The zero-order valence-corrected chi connectivity index (χ0v) is 18.6. The summed E-state index contributed by atoms with van der Waals surface area (Å²) < 4.78 is 47.8. The van der Waals surface area contributed by atoms with E-state index in [4.69, 9.17) is 16.1 Å². The molecule has 4 aromatic rings. The Morgan fingerprint density at radius 1 is 0.967 bits per heavy atom. The fourth-order valence-corrected chi connectivity index (χ4v) is 7.28. The molecule has 0 aliphatic rings. The Balaban J connectivity index is 2.05. The molecule has 0 radical (unpaired) electrons. The van der Waals surface area contributed by atoms with E-state index in [9.17, 15) is 13.0 Å². The van der Waals surface area contributed by atoms with Crippen LogP contribution >= 0.6 is 19.0 Å². The van der Waals surface area contributed by atoms with E-state index < -0.39 is 17.4 Å². The molecule has 0 amide bonds. The highest BCUT2D eigenvalue weighted by molar-refractivity contribution is 7.90. The summed E-state index contributed by atoms with van der Waals surface area (Å²) in [6.45, 7) is 1.95. The van der Waals surface area contributed by atoms with Gasteiger partial charge in [-0.2, -0.15) is 0 Å². The van der Waals surface area contributed by atoms with E-state index in [0.29, 0.717) is 26.5 Å². The quantitative estimate of drug-likeness (QED) is 0.389. The smallest absolute Gasteiger partial charge is 0.268 e. The lowest BCUT2D eigenvalue weighted by Crippen LogP contribution is -2.19. The zero-order valence-electron chi connectivity index (χ0n) is 16.1. The maximum atomic E-state index is 14.1. The van der Waals surface area contributed by atoms with Crippen LogP contribution < -0.4 is 10.6 Å². The van der Waals surface area contributed by atoms with Gasteiger partial charge in [0.25, 0.3) is 17.4 Å². The number of hydrogen-bond donors (Lipinski definition) is 0. The van der Waals surface area contributed by atoms with E-state index in [1.54, 1.807) is 67.6 Å². The summed E-state index contributed by atoms with van der Waals surface area (Å²) in [5.41, 5.74) is 0.383. The Hall–Kier alpha value is -2.37. The SMILES string of the molecule is CCOP(=O)(c1ccccc1)c1cn(S(=O)(=O)c2ccccc2)c2ccc(Cl)cc12. The predicted molar refractivity (Wildman–Crippen MR) is 121 cm³/mol. The molecule has 3 aromatic carbocycles. The van der Waals surface area contributed by atoms with Crippen LogP contribution in [0.3, 0.4) is 0 Å². The second kappa shape index (κ2) is 8.05. The Morgan fingerprint density at radius 2 is 1.60 bits per heavy atom. The molecule has 5 nitrogen and oxygen atoms in total. The van der Waals surface area contributed by atoms with E-state index in [1.807, 2.05) is 6.07 Å². The van der Waals surface area contributed by atoms with Crippen molar-refractivity contribution < 1.29 is 17.5 Å². The summed E-state index contributed by atoms with van der Waals surface area (Å²) >= 11 is 6.22. The van der Waals surface area contributed by atoms with Crippen molar-refractivity contribution in [3.8, 4) is 0 Å². The molecular formula is C22H19ClNO4PS. The third kappa shape index (κ3) is 3.50. The number of aromatic nitrogens is 1. The van der Waals surface area contributed by atoms with Gasteiger partial charge < -0.3 is 4.52 Å². The van der Waals surface area contributed by atoms with E-state index in [1.165, 1.54) is 18.3 Å². The molecule has 154 valence electrons. The fraction of sp³-hybridized carbons (Fsp3) is 0.0909. The minimum absolute atomic E-state index is 0.134. The summed E-state index contributed by atoms with van der Waals surface area (Å²) in [7, 11) is -7.49. The van der Waals surface area contributed by atoms with Crippen LogP contribution in [-0.2, 0) is 19.1 Å². The van der Waals surface area contributed by atoms with Gasteiger partial charge in [0.15, 0.2) is 0 Å². The molecule has 0 spiro atoms. The molecule has 0 aliphatic heterocycles. The van der Waals surface area contributed by atoms with E-state index in [0.717, 1.165) is 3.97 Å². The molecular weight excluding hydrogens is 441 g/mol. The molecule has 8 heteroatoms. The lowest BCUT2D eigenvalue weighted by atomic mass is 10.2. The van der Waals surface area contributed by atoms with Crippen LogP contribution in [0, 0.1) is 0 Å². The highest BCUT2D eigenvalue weighted by atomic mass is 35.5. The second-order valence-corrected chi connectivity index (χ2v) is 11.2. The maximum absolute atomic E-state index is 14.1. The monoisotopic (exact) mass is 459 g/mol. The first-order chi connectivity index (χ1) is 14.4. The van der Waals surface area contributed by atoms with Crippen molar-refractivity contribution >= 4 is 50.5 Å². The standard InChI is InChI=1S/C22H19ClNO4PS/c1-2-28-29(25,18-9-5-3-6-10-18)22-16-24(21-14-13-17(23)15-20(21)22)30(26,27)19-11-7-4-8-12-19/h3-16H,2H2,1H3. The van der Waals surface area contributed by atoms with Crippen molar-refractivity contribution in [2.75, 3.05) is 6.61 Å². The van der Waals surface area contributed by atoms with Crippen LogP contribution in [0.15, 0.2) is 90.0 Å². The molecule has 1 aromatic heterocycles. The van der Waals surface area contributed by atoms with Gasteiger partial charge in [-0.15, -0.1) is 0 Å². The van der Waals surface area contributed by atoms with Gasteiger partial charge in [-0.1, -0.05) is 48.0 Å². The minimum atomic E-state index is -3.92. The first kappa shape index (κ1) is 20.9. The summed E-state index contributed by atoms with van der Waals surface area (Å²) in [4.78, 5) is 0.134. The van der Waals surface area contributed by atoms with Crippen LogP contribution in [0.5, 0.6) is 0 Å². The number of nitrogens with zero attached hydrogens (tertiary/aromatic N) is 1. The largest absolute Gasteiger partial charge is 0.322 e. The van der Waals surface area contributed by atoms with Crippen molar-refractivity contribution in [2.24, 2.45) is 0 Å². The number of halogens is 1. The predicted octanol–water partition coefficient (Wildman–Crippen LogP) is 4.80. The van der Waals surface area contributed by atoms with Gasteiger partial charge in [-0.3, -0.25) is 4.57 Å². The average Bonchev–Trinajstić information content (AvgIpc) is 3.15. The van der Waals surface area contributed by atoms with Crippen LogP contribution in [0.2, 0.25) is 5.02 Å². The molecule has 0 N–H and O–H groups in total. The number of fused-ring (bicyclic) bond motifs is 1. The van der Waals surface area contributed by atoms with Crippen molar-refractivity contribution in [3.05, 3.63) is 90.1 Å². The lowest BCUT2D eigenvalue weighted by Gasteiger charge is -2.17. The van der Waals surface area contributed by atoms with Gasteiger partial charge in [-0.25, -0.2) is 12.4 Å². The Labute approximate surface area is 180 Å². The molecule has 4 rings (SSSR count). The first-order valence-corrected chi connectivity index (χ1v) is 12.7.